The molecule has 0 unspecified atom stereocenters. The topological polar surface area (TPSA) is 64.4 Å². The third-order valence-corrected chi connectivity index (χ3v) is 3.24. The Morgan fingerprint density at radius 3 is 2.60 bits per heavy atom. The molecule has 0 bridgehead atoms. The van der Waals surface area contributed by atoms with Gasteiger partial charge in [-0.15, -0.1) is 0 Å². The van der Waals surface area contributed by atoms with Gasteiger partial charge in [-0.25, -0.2) is 0 Å². The number of non-ortho nitro benzene ring substituents is 1. The molecule has 0 amide bonds. The summed E-state index contributed by atoms with van der Waals surface area (Å²) in [5.74, 6) is 0.625. The molecule has 0 aromatic heterocycles. The van der Waals surface area contributed by atoms with Gasteiger partial charge in [-0.2, -0.15) is 0 Å². The maximum atomic E-state index is 10.5. The lowest BCUT2D eigenvalue weighted by molar-refractivity contribution is -0.384. The highest BCUT2D eigenvalue weighted by atomic mass is 127. The summed E-state index contributed by atoms with van der Waals surface area (Å²) in [7, 11) is 0. The van der Waals surface area contributed by atoms with Crippen LogP contribution in [0.2, 0.25) is 0 Å². The van der Waals surface area contributed by atoms with Crippen molar-refractivity contribution in [2.24, 2.45) is 0 Å². The highest BCUT2D eigenvalue weighted by molar-refractivity contribution is 14.1. The summed E-state index contributed by atoms with van der Waals surface area (Å²) in [6.45, 7) is 1.15. The molecule has 0 saturated carbocycles. The fourth-order valence-electron chi connectivity index (χ4n) is 1.63. The highest BCUT2D eigenvalue weighted by Gasteiger charge is 2.03. The Labute approximate surface area is 130 Å². The van der Waals surface area contributed by atoms with E-state index in [-0.39, 0.29) is 5.69 Å². The van der Waals surface area contributed by atoms with Crippen LogP contribution in [0.4, 0.5) is 11.4 Å². The smallest absolute Gasteiger partial charge is 0.269 e. The van der Waals surface area contributed by atoms with Crippen LogP contribution in [0.15, 0.2) is 48.5 Å². The second kappa shape index (κ2) is 7.09. The van der Waals surface area contributed by atoms with Crippen molar-refractivity contribution in [2.45, 2.75) is 0 Å². The van der Waals surface area contributed by atoms with Gasteiger partial charge in [-0.05, 0) is 52.9 Å². The number of nitro benzene ring substituents is 1. The zero-order valence-corrected chi connectivity index (χ0v) is 12.7. The van der Waals surface area contributed by atoms with Gasteiger partial charge in [0, 0.05) is 27.9 Å². The molecule has 0 aliphatic carbocycles. The lowest BCUT2D eigenvalue weighted by Gasteiger charge is -2.08. The summed E-state index contributed by atoms with van der Waals surface area (Å²) in [4.78, 5) is 10.1. The van der Waals surface area contributed by atoms with E-state index in [9.17, 15) is 10.1 Å². The summed E-state index contributed by atoms with van der Waals surface area (Å²) in [6.07, 6.45) is 0. The second-order valence-electron chi connectivity index (χ2n) is 4.04. The first-order valence-corrected chi connectivity index (χ1v) is 7.10. The van der Waals surface area contributed by atoms with E-state index >= 15 is 0 Å². The fourth-order valence-corrected chi connectivity index (χ4v) is 2.17. The molecule has 0 aliphatic heterocycles. The van der Waals surface area contributed by atoms with E-state index in [1.807, 2.05) is 24.3 Å². The molecule has 0 radical (unpaired) electrons. The number of nitrogens with zero attached hydrogens (tertiary/aromatic N) is 1. The Hall–Kier alpha value is -1.83. The van der Waals surface area contributed by atoms with Crippen LogP contribution in [-0.2, 0) is 0 Å². The number of ether oxygens (including phenoxy) is 1. The van der Waals surface area contributed by atoms with Gasteiger partial charge in [0.15, 0.2) is 0 Å². The van der Waals surface area contributed by atoms with Gasteiger partial charge in [-0.3, -0.25) is 10.1 Å². The van der Waals surface area contributed by atoms with Crippen molar-refractivity contribution in [2.75, 3.05) is 18.5 Å². The van der Waals surface area contributed by atoms with Crippen LogP contribution < -0.4 is 10.1 Å². The zero-order valence-electron chi connectivity index (χ0n) is 10.6. The third kappa shape index (κ3) is 4.37. The standard InChI is InChI=1S/C14H13IN2O3/c15-11-2-1-3-12(10-11)16-8-9-20-14-6-4-13(5-7-14)17(18)19/h1-7,10,16H,8-9H2. The average Bonchev–Trinajstić information content (AvgIpc) is 2.44. The minimum Gasteiger partial charge on any atom is -0.492 e. The van der Waals surface area contributed by atoms with E-state index in [2.05, 4.69) is 27.9 Å². The number of nitrogens with one attached hydrogen (secondary N) is 1. The van der Waals surface area contributed by atoms with Crippen molar-refractivity contribution in [3.05, 3.63) is 62.2 Å². The van der Waals surface area contributed by atoms with Gasteiger partial charge in [0.05, 0.1) is 4.92 Å². The molecular weight excluding hydrogens is 371 g/mol. The van der Waals surface area contributed by atoms with E-state index in [1.165, 1.54) is 15.7 Å². The molecular formula is C14H13IN2O3. The number of nitro groups is 1. The van der Waals surface area contributed by atoms with Crippen LogP contribution in [-0.4, -0.2) is 18.1 Å². The number of hydrogen-bond acceptors (Lipinski definition) is 4. The van der Waals surface area contributed by atoms with Crippen LogP contribution in [0.25, 0.3) is 0 Å². The lowest BCUT2D eigenvalue weighted by Crippen LogP contribution is -2.11. The van der Waals surface area contributed by atoms with Crippen molar-refractivity contribution in [1.82, 2.24) is 0 Å². The SMILES string of the molecule is O=[N+]([O-])c1ccc(OCCNc2cccc(I)c2)cc1. The molecule has 0 spiro atoms. The highest BCUT2D eigenvalue weighted by Crippen LogP contribution is 2.17. The van der Waals surface area contributed by atoms with E-state index in [0.717, 1.165) is 5.69 Å². The first kappa shape index (κ1) is 14.6. The Bertz CT molecular complexity index is 587. The van der Waals surface area contributed by atoms with E-state index in [0.29, 0.717) is 18.9 Å². The van der Waals surface area contributed by atoms with Crippen molar-refractivity contribution in [3.8, 4) is 5.75 Å². The van der Waals surface area contributed by atoms with Gasteiger partial charge < -0.3 is 10.1 Å². The quantitative estimate of drug-likeness (QED) is 0.357. The minimum absolute atomic E-state index is 0.0642. The first-order chi connectivity index (χ1) is 9.65. The van der Waals surface area contributed by atoms with Gasteiger partial charge in [0.2, 0.25) is 0 Å². The van der Waals surface area contributed by atoms with Crippen LogP contribution in [0.3, 0.4) is 0 Å². The first-order valence-electron chi connectivity index (χ1n) is 6.02. The van der Waals surface area contributed by atoms with E-state index in [1.54, 1.807) is 12.1 Å². The monoisotopic (exact) mass is 384 g/mol. The van der Waals surface area contributed by atoms with Crippen molar-refractivity contribution < 1.29 is 9.66 Å². The molecule has 20 heavy (non-hydrogen) atoms. The van der Waals surface area contributed by atoms with E-state index < -0.39 is 4.92 Å². The largest absolute Gasteiger partial charge is 0.492 e. The van der Waals surface area contributed by atoms with Crippen LogP contribution in [0.1, 0.15) is 0 Å². The molecule has 2 aromatic rings. The maximum Gasteiger partial charge on any atom is 0.269 e. The Morgan fingerprint density at radius 1 is 1.20 bits per heavy atom. The normalized spacial score (nSPS) is 10.1. The summed E-state index contributed by atoms with van der Waals surface area (Å²) in [5, 5.41) is 13.8. The summed E-state index contributed by atoms with van der Waals surface area (Å²) < 4.78 is 6.68. The molecule has 0 aliphatic rings. The number of benzene rings is 2. The molecule has 0 saturated heterocycles. The third-order valence-electron chi connectivity index (χ3n) is 2.57. The molecule has 0 fully saturated rings. The summed E-state index contributed by atoms with van der Waals surface area (Å²) >= 11 is 2.26. The average molecular weight is 384 g/mol. The van der Waals surface area contributed by atoms with Gasteiger partial charge >= 0.3 is 0 Å². The Morgan fingerprint density at radius 2 is 1.95 bits per heavy atom. The molecule has 104 valence electrons. The summed E-state index contributed by atoms with van der Waals surface area (Å²) in [6, 6.07) is 14.1. The number of hydrogen-bond donors (Lipinski definition) is 1. The Kier molecular flexibility index (Phi) is 5.16. The second-order valence-corrected chi connectivity index (χ2v) is 5.28. The van der Waals surface area contributed by atoms with E-state index in [4.69, 9.17) is 4.74 Å². The van der Waals surface area contributed by atoms with Gasteiger partial charge in [0.25, 0.3) is 5.69 Å². The Balaban J connectivity index is 1.77. The molecule has 0 atom stereocenters. The lowest BCUT2D eigenvalue weighted by atomic mass is 10.3. The molecule has 2 aromatic carbocycles. The van der Waals surface area contributed by atoms with Crippen LogP contribution in [0.5, 0.6) is 5.75 Å². The molecule has 1 N–H and O–H groups in total. The number of anilines is 1. The van der Waals surface area contributed by atoms with Gasteiger partial charge in [-0.1, -0.05) is 6.07 Å². The number of rotatable bonds is 6. The predicted octanol–water partition coefficient (Wildman–Crippen LogP) is 3.69. The van der Waals surface area contributed by atoms with Crippen molar-refractivity contribution in [1.29, 1.82) is 0 Å². The van der Waals surface area contributed by atoms with Gasteiger partial charge in [0.1, 0.15) is 12.4 Å². The molecule has 6 heteroatoms. The minimum atomic E-state index is -0.428. The molecule has 5 nitrogen and oxygen atoms in total. The predicted molar refractivity (Wildman–Crippen MR) is 86.2 cm³/mol. The zero-order chi connectivity index (χ0) is 14.4. The maximum absolute atomic E-state index is 10.5. The van der Waals surface area contributed by atoms with Crippen LogP contribution >= 0.6 is 22.6 Å². The molecule has 0 heterocycles. The summed E-state index contributed by atoms with van der Waals surface area (Å²) in [5.41, 5.74) is 1.11. The van der Waals surface area contributed by atoms with Crippen LogP contribution in [0, 0.1) is 13.7 Å². The number of halogens is 1. The molecule has 2 rings (SSSR count). The van der Waals surface area contributed by atoms with Crippen molar-refractivity contribution >= 4 is 34.0 Å². The fraction of sp³-hybridized carbons (Fsp3) is 0.143. The van der Waals surface area contributed by atoms with Crippen molar-refractivity contribution in [3.63, 3.8) is 0 Å².